The number of piperazine rings is 1. The number of aromatic nitrogens is 4. The summed E-state index contributed by atoms with van der Waals surface area (Å²) in [5.74, 6) is 1.49. The SMILES string of the molecule is Cc1ccc2nc(-c3nc(N4CCN(c5cccc(F)c5)CC4)cnc3N)[nH]c2c1.[HH].[HH]. The molecule has 8 heteroatoms. The number of aromatic amines is 1. The van der Waals surface area contributed by atoms with Gasteiger partial charge in [0.2, 0.25) is 0 Å². The molecule has 0 unspecified atom stereocenters. The van der Waals surface area contributed by atoms with E-state index >= 15 is 0 Å². The van der Waals surface area contributed by atoms with E-state index in [2.05, 4.69) is 24.8 Å². The molecule has 1 aliphatic heterocycles. The molecule has 1 saturated heterocycles. The van der Waals surface area contributed by atoms with Crippen molar-refractivity contribution in [3.8, 4) is 11.5 Å². The highest BCUT2D eigenvalue weighted by atomic mass is 19.1. The number of halogens is 1. The third-order valence-corrected chi connectivity index (χ3v) is 5.43. The van der Waals surface area contributed by atoms with Gasteiger partial charge in [-0.2, -0.15) is 0 Å². The van der Waals surface area contributed by atoms with Crippen molar-refractivity contribution in [2.45, 2.75) is 6.92 Å². The van der Waals surface area contributed by atoms with Crippen molar-refractivity contribution in [2.24, 2.45) is 0 Å². The van der Waals surface area contributed by atoms with Crippen molar-refractivity contribution in [2.75, 3.05) is 41.7 Å². The Bertz CT molecular complexity index is 1220. The highest BCUT2D eigenvalue weighted by Crippen LogP contribution is 2.26. The van der Waals surface area contributed by atoms with Gasteiger partial charge in [-0.3, -0.25) is 0 Å². The van der Waals surface area contributed by atoms with Gasteiger partial charge in [0.15, 0.2) is 17.3 Å². The van der Waals surface area contributed by atoms with Crippen LogP contribution in [0.4, 0.5) is 21.7 Å². The number of nitrogens with one attached hydrogen (secondary N) is 1. The Hall–Kier alpha value is -3.68. The van der Waals surface area contributed by atoms with E-state index < -0.39 is 0 Å². The summed E-state index contributed by atoms with van der Waals surface area (Å²) in [4.78, 5) is 21.4. The van der Waals surface area contributed by atoms with Crippen LogP contribution in [0.1, 0.15) is 8.42 Å². The minimum Gasteiger partial charge on any atom is -0.382 e. The molecule has 3 N–H and O–H groups in total. The monoisotopic (exact) mass is 407 g/mol. The standard InChI is InChI=1S/C22H22FN7.2H2/c1-14-5-6-17-18(11-14)27-22(26-17)20-21(24)25-13-19(28-20)30-9-7-29(8-10-30)16-4-2-3-15(23)12-16;;/h2-6,11-13H,7-10H2,1H3,(H2,24,25)(H,26,27);2*1H. The fourth-order valence-corrected chi connectivity index (χ4v) is 3.82. The van der Waals surface area contributed by atoms with Gasteiger partial charge >= 0.3 is 0 Å². The third-order valence-electron chi connectivity index (χ3n) is 5.43. The molecule has 2 aromatic carbocycles. The average Bonchev–Trinajstić information content (AvgIpc) is 3.17. The van der Waals surface area contributed by atoms with Gasteiger partial charge in [-0.15, -0.1) is 0 Å². The van der Waals surface area contributed by atoms with Gasteiger partial charge in [0.25, 0.3) is 0 Å². The molecule has 5 rings (SSSR count). The lowest BCUT2D eigenvalue weighted by Crippen LogP contribution is -2.47. The van der Waals surface area contributed by atoms with Crippen LogP contribution < -0.4 is 15.5 Å². The number of nitrogen functional groups attached to an aromatic ring is 1. The highest BCUT2D eigenvalue weighted by Gasteiger charge is 2.21. The number of aryl methyl sites for hydroxylation is 1. The molecular weight excluding hydrogens is 381 g/mol. The number of fused-ring (bicyclic) bond motifs is 1. The predicted molar refractivity (Wildman–Crippen MR) is 121 cm³/mol. The number of hydrogen-bond acceptors (Lipinski definition) is 6. The number of benzene rings is 2. The van der Waals surface area contributed by atoms with Crippen molar-refractivity contribution < 1.29 is 7.24 Å². The van der Waals surface area contributed by atoms with Crippen molar-refractivity contribution >= 4 is 28.4 Å². The van der Waals surface area contributed by atoms with Crippen molar-refractivity contribution in [1.29, 1.82) is 0 Å². The molecular formula is C22H26FN7. The van der Waals surface area contributed by atoms with Crippen molar-refractivity contribution in [3.05, 3.63) is 60.0 Å². The Morgan fingerprint density at radius 1 is 1.03 bits per heavy atom. The number of nitrogens with zero attached hydrogens (tertiary/aromatic N) is 5. The van der Waals surface area contributed by atoms with Crippen molar-refractivity contribution in [1.82, 2.24) is 19.9 Å². The molecule has 156 valence electrons. The fraction of sp³-hybridized carbons (Fsp3) is 0.227. The van der Waals surface area contributed by atoms with Crippen LogP contribution in [0.5, 0.6) is 0 Å². The molecule has 0 radical (unpaired) electrons. The lowest BCUT2D eigenvalue weighted by molar-refractivity contribution is 0.619. The maximum atomic E-state index is 13.5. The summed E-state index contributed by atoms with van der Waals surface area (Å²) >= 11 is 0. The number of rotatable bonds is 3. The van der Waals surface area contributed by atoms with Gasteiger partial charge in [0.1, 0.15) is 11.6 Å². The summed E-state index contributed by atoms with van der Waals surface area (Å²) in [6.45, 7) is 5.10. The van der Waals surface area contributed by atoms with E-state index in [1.165, 1.54) is 6.07 Å². The Morgan fingerprint density at radius 3 is 2.63 bits per heavy atom. The minimum atomic E-state index is -0.218. The van der Waals surface area contributed by atoms with E-state index in [0.717, 1.165) is 54.3 Å². The zero-order chi connectivity index (χ0) is 20.7. The Morgan fingerprint density at radius 2 is 1.83 bits per heavy atom. The van der Waals surface area contributed by atoms with Crippen LogP contribution in [0.2, 0.25) is 0 Å². The van der Waals surface area contributed by atoms with Crippen LogP contribution >= 0.6 is 0 Å². The largest absolute Gasteiger partial charge is 0.382 e. The van der Waals surface area contributed by atoms with Crippen LogP contribution in [-0.4, -0.2) is 46.1 Å². The molecule has 4 aromatic rings. The highest BCUT2D eigenvalue weighted by molar-refractivity contribution is 5.81. The van der Waals surface area contributed by atoms with Crippen molar-refractivity contribution in [3.63, 3.8) is 0 Å². The Kier molecular flexibility index (Phi) is 4.46. The van der Waals surface area contributed by atoms with E-state index in [1.54, 1.807) is 18.3 Å². The van der Waals surface area contributed by atoms with E-state index in [0.29, 0.717) is 17.3 Å². The summed E-state index contributed by atoms with van der Waals surface area (Å²) in [6, 6.07) is 12.8. The molecule has 7 nitrogen and oxygen atoms in total. The first-order valence-corrected chi connectivity index (χ1v) is 9.91. The topological polar surface area (TPSA) is 87.0 Å². The Labute approximate surface area is 176 Å². The van der Waals surface area contributed by atoms with Crippen LogP contribution in [0, 0.1) is 12.7 Å². The summed E-state index contributed by atoms with van der Waals surface area (Å²) in [5.41, 5.74) is 10.5. The van der Waals surface area contributed by atoms with Gasteiger partial charge in [-0.05, 0) is 42.8 Å². The molecule has 0 spiro atoms. The molecule has 0 amide bonds. The predicted octanol–water partition coefficient (Wildman–Crippen LogP) is 3.87. The third kappa shape index (κ3) is 3.41. The number of anilines is 3. The summed E-state index contributed by atoms with van der Waals surface area (Å²) < 4.78 is 13.5. The Balaban J connectivity index is 0.00000144. The summed E-state index contributed by atoms with van der Waals surface area (Å²) in [7, 11) is 0. The lowest BCUT2D eigenvalue weighted by atomic mass is 10.2. The quantitative estimate of drug-likeness (QED) is 0.536. The maximum absolute atomic E-state index is 13.5. The first-order chi connectivity index (χ1) is 14.6. The number of hydrogen-bond donors (Lipinski definition) is 2. The van der Waals surface area contributed by atoms with E-state index in [-0.39, 0.29) is 8.67 Å². The zero-order valence-electron chi connectivity index (χ0n) is 16.6. The van der Waals surface area contributed by atoms with Gasteiger partial charge in [-0.25, -0.2) is 19.3 Å². The molecule has 3 heterocycles. The van der Waals surface area contributed by atoms with E-state index in [4.69, 9.17) is 10.7 Å². The second-order valence-electron chi connectivity index (χ2n) is 7.52. The smallest absolute Gasteiger partial charge is 0.161 e. The maximum Gasteiger partial charge on any atom is 0.161 e. The summed E-state index contributed by atoms with van der Waals surface area (Å²) in [6.07, 6.45) is 1.70. The van der Waals surface area contributed by atoms with Crippen LogP contribution in [0.25, 0.3) is 22.6 Å². The normalized spacial score (nSPS) is 14.5. The molecule has 0 aliphatic carbocycles. The van der Waals surface area contributed by atoms with Crippen LogP contribution in [-0.2, 0) is 0 Å². The number of imidazole rings is 1. The summed E-state index contributed by atoms with van der Waals surface area (Å²) in [5, 5.41) is 0. The molecule has 2 aromatic heterocycles. The van der Waals surface area contributed by atoms with E-state index in [9.17, 15) is 4.39 Å². The van der Waals surface area contributed by atoms with Gasteiger partial charge in [0, 0.05) is 34.7 Å². The van der Waals surface area contributed by atoms with Crippen LogP contribution in [0.3, 0.4) is 0 Å². The molecule has 0 atom stereocenters. The number of H-pyrrole nitrogens is 1. The lowest BCUT2D eigenvalue weighted by Gasteiger charge is -2.36. The molecule has 0 saturated carbocycles. The van der Waals surface area contributed by atoms with Gasteiger partial charge in [0.05, 0.1) is 17.2 Å². The average molecular weight is 407 g/mol. The first-order valence-electron chi connectivity index (χ1n) is 9.91. The second kappa shape index (κ2) is 7.29. The second-order valence-corrected chi connectivity index (χ2v) is 7.52. The minimum absolute atomic E-state index is 0. The van der Waals surface area contributed by atoms with Gasteiger partial charge < -0.3 is 20.5 Å². The van der Waals surface area contributed by atoms with Gasteiger partial charge in [-0.1, -0.05) is 12.1 Å². The molecule has 1 aliphatic rings. The molecule has 1 fully saturated rings. The fourth-order valence-electron chi connectivity index (χ4n) is 3.82. The van der Waals surface area contributed by atoms with E-state index in [1.807, 2.05) is 31.2 Å². The van der Waals surface area contributed by atoms with Crippen LogP contribution in [0.15, 0.2) is 48.7 Å². The molecule has 0 bridgehead atoms. The zero-order valence-corrected chi connectivity index (χ0v) is 16.6. The molecule has 30 heavy (non-hydrogen) atoms. The number of nitrogens with two attached hydrogens (primary N) is 1. The first kappa shape index (κ1) is 18.4.